The van der Waals surface area contributed by atoms with E-state index in [-0.39, 0.29) is 18.7 Å². The van der Waals surface area contributed by atoms with Crippen molar-refractivity contribution in [2.45, 2.75) is 38.4 Å². The molecule has 1 aliphatic rings. The fourth-order valence-corrected chi connectivity index (χ4v) is 2.93. The zero-order chi connectivity index (χ0) is 16.2. The zero-order valence-electron chi connectivity index (χ0n) is 13.1. The number of rotatable bonds is 4. The molecule has 0 aliphatic carbocycles. The third-order valence-corrected chi connectivity index (χ3v) is 4.15. The summed E-state index contributed by atoms with van der Waals surface area (Å²) >= 11 is 0. The number of benzene rings is 1. The van der Waals surface area contributed by atoms with Crippen LogP contribution in [0, 0.1) is 6.92 Å². The van der Waals surface area contributed by atoms with Crippen molar-refractivity contribution in [3.63, 3.8) is 0 Å². The lowest BCUT2D eigenvalue weighted by Gasteiger charge is -2.25. The van der Waals surface area contributed by atoms with Gasteiger partial charge in [0.25, 0.3) is 0 Å². The van der Waals surface area contributed by atoms with Crippen LogP contribution in [0.4, 0.5) is 4.79 Å². The molecule has 1 aliphatic heterocycles. The number of aromatic nitrogens is 3. The highest BCUT2D eigenvalue weighted by Gasteiger charge is 2.26. The summed E-state index contributed by atoms with van der Waals surface area (Å²) in [5.74, 6) is 1.66. The molecule has 2 atom stereocenters. The standard InChI is InChI=1S/C16H21N5O2/c1-11-19-20-15-13(8-5-9-21(11)15)17-16(23)18-14(10-22)12-6-3-2-4-7-12/h2-4,6-7,13-14,22H,5,8-10H2,1H3,(H2,17,18,23). The Morgan fingerprint density at radius 3 is 2.91 bits per heavy atom. The molecule has 3 N–H and O–H groups in total. The lowest BCUT2D eigenvalue weighted by atomic mass is 10.1. The number of amides is 2. The van der Waals surface area contributed by atoms with Crippen LogP contribution in [-0.4, -0.2) is 32.5 Å². The van der Waals surface area contributed by atoms with E-state index in [1.54, 1.807) is 0 Å². The molecule has 0 radical (unpaired) electrons. The Balaban J connectivity index is 1.66. The van der Waals surface area contributed by atoms with Crippen LogP contribution in [0.25, 0.3) is 0 Å². The fourth-order valence-electron chi connectivity index (χ4n) is 2.93. The van der Waals surface area contributed by atoms with Crippen LogP contribution in [0.15, 0.2) is 30.3 Å². The molecule has 1 aromatic heterocycles. The van der Waals surface area contributed by atoms with Crippen molar-refractivity contribution in [2.75, 3.05) is 6.61 Å². The molecule has 2 unspecified atom stereocenters. The summed E-state index contributed by atoms with van der Waals surface area (Å²) < 4.78 is 2.04. The van der Waals surface area contributed by atoms with Crippen molar-refractivity contribution < 1.29 is 9.90 Å². The van der Waals surface area contributed by atoms with E-state index in [1.165, 1.54) is 0 Å². The largest absolute Gasteiger partial charge is 0.394 e. The molecule has 122 valence electrons. The van der Waals surface area contributed by atoms with E-state index in [1.807, 2.05) is 41.8 Å². The Labute approximate surface area is 134 Å². The van der Waals surface area contributed by atoms with E-state index >= 15 is 0 Å². The molecular formula is C16H21N5O2. The second-order valence-electron chi connectivity index (χ2n) is 5.72. The Hall–Kier alpha value is -2.41. The number of aliphatic hydroxyl groups is 1. The van der Waals surface area contributed by atoms with Crippen molar-refractivity contribution >= 4 is 6.03 Å². The molecule has 3 rings (SSSR count). The predicted octanol–water partition coefficient (Wildman–Crippen LogP) is 1.45. The van der Waals surface area contributed by atoms with Crippen LogP contribution in [0.5, 0.6) is 0 Å². The Morgan fingerprint density at radius 2 is 2.17 bits per heavy atom. The van der Waals surface area contributed by atoms with Gasteiger partial charge in [-0.25, -0.2) is 4.79 Å². The number of nitrogens with one attached hydrogen (secondary N) is 2. The monoisotopic (exact) mass is 315 g/mol. The fraction of sp³-hybridized carbons (Fsp3) is 0.438. The molecule has 7 nitrogen and oxygen atoms in total. The average molecular weight is 315 g/mol. The van der Waals surface area contributed by atoms with Crippen LogP contribution < -0.4 is 10.6 Å². The number of aliphatic hydroxyl groups excluding tert-OH is 1. The van der Waals surface area contributed by atoms with Crippen molar-refractivity contribution in [3.8, 4) is 0 Å². The van der Waals surface area contributed by atoms with Gasteiger partial charge in [0, 0.05) is 6.54 Å². The molecule has 2 amide bonds. The van der Waals surface area contributed by atoms with Gasteiger partial charge in [0.15, 0.2) is 5.82 Å². The van der Waals surface area contributed by atoms with Gasteiger partial charge in [0.05, 0.1) is 18.7 Å². The first-order chi connectivity index (χ1) is 11.2. The molecule has 0 saturated carbocycles. The third-order valence-electron chi connectivity index (χ3n) is 4.15. The van der Waals surface area contributed by atoms with Gasteiger partial charge in [0.2, 0.25) is 0 Å². The summed E-state index contributed by atoms with van der Waals surface area (Å²) in [6.07, 6.45) is 1.81. The van der Waals surface area contributed by atoms with E-state index in [0.29, 0.717) is 0 Å². The van der Waals surface area contributed by atoms with Crippen molar-refractivity contribution in [1.29, 1.82) is 0 Å². The first-order valence-corrected chi connectivity index (χ1v) is 7.81. The van der Waals surface area contributed by atoms with E-state index in [4.69, 9.17) is 0 Å². The summed E-state index contributed by atoms with van der Waals surface area (Å²) in [6.45, 7) is 2.64. The maximum atomic E-state index is 12.3. The lowest BCUT2D eigenvalue weighted by Crippen LogP contribution is -2.42. The molecule has 23 heavy (non-hydrogen) atoms. The Bertz CT molecular complexity index is 670. The molecular weight excluding hydrogens is 294 g/mol. The second-order valence-corrected chi connectivity index (χ2v) is 5.72. The van der Waals surface area contributed by atoms with Gasteiger partial charge in [-0.05, 0) is 25.3 Å². The number of aryl methyl sites for hydroxylation is 1. The van der Waals surface area contributed by atoms with Crippen LogP contribution in [0.3, 0.4) is 0 Å². The Kier molecular flexibility index (Phi) is 4.57. The number of fused-ring (bicyclic) bond motifs is 1. The van der Waals surface area contributed by atoms with Crippen molar-refractivity contribution in [1.82, 2.24) is 25.4 Å². The minimum absolute atomic E-state index is 0.153. The van der Waals surface area contributed by atoms with Crippen molar-refractivity contribution in [2.24, 2.45) is 0 Å². The number of carbonyl (C=O) groups is 1. The van der Waals surface area contributed by atoms with Crippen LogP contribution >= 0.6 is 0 Å². The minimum atomic E-state index is -0.431. The minimum Gasteiger partial charge on any atom is -0.394 e. The van der Waals surface area contributed by atoms with Crippen molar-refractivity contribution in [3.05, 3.63) is 47.5 Å². The number of urea groups is 1. The predicted molar refractivity (Wildman–Crippen MR) is 84.7 cm³/mol. The summed E-state index contributed by atoms with van der Waals surface area (Å²) in [6, 6.07) is 8.51. The number of nitrogens with zero attached hydrogens (tertiary/aromatic N) is 3. The van der Waals surface area contributed by atoms with Crippen LogP contribution in [0.1, 0.15) is 42.1 Å². The smallest absolute Gasteiger partial charge is 0.315 e. The lowest BCUT2D eigenvalue weighted by molar-refractivity contribution is 0.211. The van der Waals surface area contributed by atoms with Gasteiger partial charge in [0.1, 0.15) is 5.82 Å². The summed E-state index contributed by atoms with van der Waals surface area (Å²) in [5, 5.41) is 23.5. The highest BCUT2D eigenvalue weighted by molar-refractivity contribution is 5.75. The molecule has 2 aromatic rings. The SMILES string of the molecule is Cc1nnc2n1CCCC2NC(=O)NC(CO)c1ccccc1. The topological polar surface area (TPSA) is 92.1 Å². The average Bonchev–Trinajstić information content (AvgIpc) is 2.96. The van der Waals surface area contributed by atoms with E-state index < -0.39 is 6.04 Å². The number of hydrogen-bond acceptors (Lipinski definition) is 4. The molecule has 0 bridgehead atoms. The summed E-state index contributed by atoms with van der Waals surface area (Å²) in [7, 11) is 0. The van der Waals surface area contributed by atoms with Gasteiger partial charge in [-0.3, -0.25) is 0 Å². The van der Waals surface area contributed by atoms with E-state index in [2.05, 4.69) is 20.8 Å². The normalized spacial score (nSPS) is 18.1. The number of carbonyl (C=O) groups excluding carboxylic acids is 1. The first kappa shape index (κ1) is 15.5. The number of hydrogen-bond donors (Lipinski definition) is 3. The van der Waals surface area contributed by atoms with E-state index in [0.717, 1.165) is 36.6 Å². The molecule has 1 aromatic carbocycles. The van der Waals surface area contributed by atoms with Crippen LogP contribution in [0.2, 0.25) is 0 Å². The molecule has 2 heterocycles. The molecule has 0 spiro atoms. The van der Waals surface area contributed by atoms with Gasteiger partial charge < -0.3 is 20.3 Å². The molecule has 0 saturated heterocycles. The third kappa shape index (κ3) is 3.34. The first-order valence-electron chi connectivity index (χ1n) is 7.81. The summed E-state index contributed by atoms with van der Waals surface area (Å²) in [5.41, 5.74) is 0.868. The van der Waals surface area contributed by atoms with Crippen LogP contribution in [-0.2, 0) is 6.54 Å². The maximum absolute atomic E-state index is 12.3. The van der Waals surface area contributed by atoms with Gasteiger partial charge in [-0.1, -0.05) is 30.3 Å². The summed E-state index contributed by atoms with van der Waals surface area (Å²) in [4.78, 5) is 12.3. The molecule has 7 heteroatoms. The van der Waals surface area contributed by atoms with Gasteiger partial charge in [-0.15, -0.1) is 10.2 Å². The maximum Gasteiger partial charge on any atom is 0.315 e. The highest BCUT2D eigenvalue weighted by Crippen LogP contribution is 2.24. The zero-order valence-corrected chi connectivity index (χ0v) is 13.1. The van der Waals surface area contributed by atoms with Gasteiger partial charge in [-0.2, -0.15) is 0 Å². The second kappa shape index (κ2) is 6.78. The quantitative estimate of drug-likeness (QED) is 0.796. The molecule has 0 fully saturated rings. The highest BCUT2D eigenvalue weighted by atomic mass is 16.3. The Morgan fingerprint density at radius 1 is 1.39 bits per heavy atom. The van der Waals surface area contributed by atoms with E-state index in [9.17, 15) is 9.90 Å². The van der Waals surface area contributed by atoms with Gasteiger partial charge >= 0.3 is 6.03 Å².